The lowest BCUT2D eigenvalue weighted by atomic mass is 10.1. The molecule has 5 heterocycles. The number of aryl methyl sites for hydroxylation is 1. The van der Waals surface area contributed by atoms with E-state index in [2.05, 4.69) is 65.8 Å². The number of nitrogens with zero attached hydrogens (tertiary/aromatic N) is 6. The first-order chi connectivity index (χ1) is 16.6. The largest absolute Gasteiger partial charge is 0.382 e. The topological polar surface area (TPSA) is 107 Å². The summed E-state index contributed by atoms with van der Waals surface area (Å²) in [6.45, 7) is 8.63. The third kappa shape index (κ3) is 4.03. The molecule has 10 heteroatoms. The number of hydrogen-bond acceptors (Lipinski definition) is 10. The molecule has 178 valence electrons. The molecular formula is C24H31N9O. The third-order valence-electron chi connectivity index (χ3n) is 7.10. The number of amidine groups is 1. The van der Waals surface area contributed by atoms with Crippen LogP contribution in [-0.2, 0) is 4.74 Å². The molecule has 2 atom stereocenters. The standard InChI is InChI=1S/C24H31N9O/c1-16-22(25)29-20(12-27-16)21-13-33-7-6-26-24(33)23(30-21)28-17-2-4-18(5-3-17)31-8-10-32(11-9-31)19-14-34-15-19/h2-7,12,19,21,24,26H,8-11,13-15H2,1H3,(H2,25,29)(H,28,30). The van der Waals surface area contributed by atoms with Crippen molar-refractivity contribution < 1.29 is 4.74 Å². The second-order valence-corrected chi connectivity index (χ2v) is 9.26. The van der Waals surface area contributed by atoms with E-state index < -0.39 is 0 Å². The molecule has 1 aromatic heterocycles. The van der Waals surface area contributed by atoms with Gasteiger partial charge in [0.1, 0.15) is 17.7 Å². The van der Waals surface area contributed by atoms with Crippen molar-refractivity contribution in [3.63, 3.8) is 0 Å². The highest BCUT2D eigenvalue weighted by Crippen LogP contribution is 2.27. The number of fused-ring (bicyclic) bond motifs is 1. The normalized spacial score (nSPS) is 24.9. The Labute approximate surface area is 199 Å². The van der Waals surface area contributed by atoms with Gasteiger partial charge in [0.05, 0.1) is 36.8 Å². The Kier molecular flexibility index (Phi) is 5.46. The van der Waals surface area contributed by atoms with Crippen LogP contribution in [0.25, 0.3) is 0 Å². The zero-order chi connectivity index (χ0) is 23.1. The lowest BCUT2D eigenvalue weighted by molar-refractivity contribution is -0.0660. The number of aliphatic imine (C=N–C) groups is 1. The summed E-state index contributed by atoms with van der Waals surface area (Å²) in [6, 6.07) is 9.11. The first-order valence-electron chi connectivity index (χ1n) is 11.9. The van der Waals surface area contributed by atoms with Crippen LogP contribution in [0.4, 0.5) is 17.2 Å². The lowest BCUT2D eigenvalue weighted by Crippen LogP contribution is -2.56. The smallest absolute Gasteiger partial charge is 0.158 e. The van der Waals surface area contributed by atoms with Gasteiger partial charge in [0.15, 0.2) is 6.17 Å². The van der Waals surface area contributed by atoms with Crippen LogP contribution in [0.15, 0.2) is 47.9 Å². The van der Waals surface area contributed by atoms with Crippen LogP contribution in [-0.4, -0.2) is 83.7 Å². The van der Waals surface area contributed by atoms with Gasteiger partial charge in [0.25, 0.3) is 0 Å². The van der Waals surface area contributed by atoms with E-state index in [9.17, 15) is 0 Å². The maximum Gasteiger partial charge on any atom is 0.158 e. The summed E-state index contributed by atoms with van der Waals surface area (Å²) in [4.78, 5) is 21.1. The molecule has 0 spiro atoms. The molecule has 2 fully saturated rings. The molecule has 0 bridgehead atoms. The van der Waals surface area contributed by atoms with E-state index in [1.807, 2.05) is 13.1 Å². The van der Waals surface area contributed by atoms with E-state index in [1.54, 1.807) is 6.20 Å². The summed E-state index contributed by atoms with van der Waals surface area (Å²) in [5.74, 6) is 1.31. The van der Waals surface area contributed by atoms with Gasteiger partial charge in [-0.15, -0.1) is 0 Å². The number of benzene rings is 1. The van der Waals surface area contributed by atoms with Gasteiger partial charge in [-0.3, -0.25) is 14.9 Å². The Balaban J connectivity index is 1.15. The van der Waals surface area contributed by atoms with Crippen molar-refractivity contribution in [2.45, 2.75) is 25.2 Å². The highest BCUT2D eigenvalue weighted by Gasteiger charge is 2.33. The first kappa shape index (κ1) is 21.2. The number of piperazine rings is 1. The number of aromatic nitrogens is 2. The van der Waals surface area contributed by atoms with Crippen LogP contribution < -0.4 is 21.3 Å². The Morgan fingerprint density at radius 3 is 2.62 bits per heavy atom. The zero-order valence-corrected chi connectivity index (χ0v) is 19.4. The van der Waals surface area contributed by atoms with Crippen molar-refractivity contribution in [1.82, 2.24) is 25.1 Å². The van der Waals surface area contributed by atoms with Gasteiger partial charge in [-0.1, -0.05) is 0 Å². The third-order valence-corrected chi connectivity index (χ3v) is 7.10. The summed E-state index contributed by atoms with van der Waals surface area (Å²) in [6.07, 6.45) is 5.77. The second-order valence-electron chi connectivity index (χ2n) is 9.26. The van der Waals surface area contributed by atoms with E-state index in [0.29, 0.717) is 18.4 Å². The highest BCUT2D eigenvalue weighted by atomic mass is 16.5. The molecule has 2 aromatic rings. The van der Waals surface area contributed by atoms with Gasteiger partial charge in [0, 0.05) is 56.5 Å². The van der Waals surface area contributed by atoms with E-state index in [1.165, 1.54) is 5.69 Å². The SMILES string of the molecule is Cc1ncc(C2CN3C=CNC3C(Nc3ccc(N4CCN(C5COC5)CC4)cc3)=N2)nc1N. The molecule has 4 aliphatic rings. The van der Waals surface area contributed by atoms with Crippen LogP contribution >= 0.6 is 0 Å². The van der Waals surface area contributed by atoms with Crippen LogP contribution in [0.5, 0.6) is 0 Å². The molecule has 2 unspecified atom stereocenters. The summed E-state index contributed by atoms with van der Waals surface area (Å²) in [5.41, 5.74) is 9.80. The fourth-order valence-corrected chi connectivity index (χ4v) is 4.87. The molecule has 6 rings (SSSR count). The molecule has 4 N–H and O–H groups in total. The first-order valence-corrected chi connectivity index (χ1v) is 11.9. The predicted octanol–water partition coefficient (Wildman–Crippen LogP) is 1.16. The van der Waals surface area contributed by atoms with Crippen LogP contribution in [0.1, 0.15) is 17.4 Å². The van der Waals surface area contributed by atoms with Gasteiger partial charge in [-0.25, -0.2) is 4.98 Å². The number of nitrogen functional groups attached to an aromatic ring is 1. The van der Waals surface area contributed by atoms with Crippen LogP contribution in [0, 0.1) is 6.92 Å². The summed E-state index contributed by atoms with van der Waals surface area (Å²) in [5, 5.41) is 6.91. The van der Waals surface area contributed by atoms with Crippen molar-refractivity contribution in [2.24, 2.45) is 4.99 Å². The maximum absolute atomic E-state index is 6.01. The molecule has 0 saturated carbocycles. The van der Waals surface area contributed by atoms with E-state index in [-0.39, 0.29) is 12.2 Å². The minimum absolute atomic E-state index is 0.0183. The summed E-state index contributed by atoms with van der Waals surface area (Å²) in [7, 11) is 0. The molecule has 0 amide bonds. The number of ether oxygens (including phenoxy) is 1. The molecule has 4 aliphatic heterocycles. The van der Waals surface area contributed by atoms with Crippen molar-refractivity contribution in [3.8, 4) is 0 Å². The quantitative estimate of drug-likeness (QED) is 0.618. The van der Waals surface area contributed by atoms with Gasteiger partial charge >= 0.3 is 0 Å². The molecule has 0 aliphatic carbocycles. The summed E-state index contributed by atoms with van der Waals surface area (Å²) >= 11 is 0. The van der Waals surface area contributed by atoms with Crippen molar-refractivity contribution in [3.05, 3.63) is 54.3 Å². The Hall–Kier alpha value is -3.37. The number of hydrogen-bond donors (Lipinski definition) is 3. The number of nitrogens with one attached hydrogen (secondary N) is 2. The zero-order valence-electron chi connectivity index (χ0n) is 19.4. The lowest BCUT2D eigenvalue weighted by Gasteiger charge is -2.43. The molecule has 0 radical (unpaired) electrons. The molecular weight excluding hydrogens is 430 g/mol. The second kappa shape index (κ2) is 8.77. The number of rotatable bonds is 4. The van der Waals surface area contributed by atoms with Gasteiger partial charge in [0.2, 0.25) is 0 Å². The molecule has 1 aromatic carbocycles. The average molecular weight is 462 g/mol. The predicted molar refractivity (Wildman–Crippen MR) is 133 cm³/mol. The number of anilines is 3. The maximum atomic E-state index is 6.01. The fraction of sp³-hybridized carbons (Fsp3) is 0.458. The van der Waals surface area contributed by atoms with Crippen molar-refractivity contribution in [1.29, 1.82) is 0 Å². The fourth-order valence-electron chi connectivity index (χ4n) is 4.87. The van der Waals surface area contributed by atoms with Crippen molar-refractivity contribution in [2.75, 3.05) is 61.9 Å². The van der Waals surface area contributed by atoms with Crippen molar-refractivity contribution >= 4 is 23.0 Å². The summed E-state index contributed by atoms with van der Waals surface area (Å²) < 4.78 is 5.35. The molecule has 2 saturated heterocycles. The van der Waals surface area contributed by atoms with Gasteiger partial charge in [-0.05, 0) is 31.2 Å². The van der Waals surface area contributed by atoms with Gasteiger partial charge in [-0.2, -0.15) is 0 Å². The van der Waals surface area contributed by atoms with E-state index in [0.717, 1.165) is 62.3 Å². The minimum atomic E-state index is -0.143. The molecule has 10 nitrogen and oxygen atoms in total. The minimum Gasteiger partial charge on any atom is -0.382 e. The van der Waals surface area contributed by atoms with Crippen LogP contribution in [0.3, 0.4) is 0 Å². The average Bonchev–Trinajstić information content (AvgIpc) is 3.30. The Bertz CT molecular complexity index is 1090. The Morgan fingerprint density at radius 2 is 1.91 bits per heavy atom. The van der Waals surface area contributed by atoms with E-state index >= 15 is 0 Å². The van der Waals surface area contributed by atoms with Gasteiger partial charge < -0.3 is 30.9 Å². The molecule has 34 heavy (non-hydrogen) atoms. The van der Waals surface area contributed by atoms with Crippen LogP contribution in [0.2, 0.25) is 0 Å². The highest BCUT2D eigenvalue weighted by molar-refractivity contribution is 6.00. The Morgan fingerprint density at radius 1 is 1.12 bits per heavy atom. The van der Waals surface area contributed by atoms with E-state index in [4.69, 9.17) is 15.5 Å². The monoisotopic (exact) mass is 461 g/mol. The number of nitrogens with two attached hydrogens (primary N) is 1.